The molecule has 6 nitrogen and oxygen atoms in total. The minimum absolute atomic E-state index is 0.167. The second kappa shape index (κ2) is 8.99. The largest absolute Gasteiger partial charge is 0.493 e. The molecule has 0 radical (unpaired) electrons. The highest BCUT2D eigenvalue weighted by Gasteiger charge is 2.24. The van der Waals surface area contributed by atoms with E-state index in [0.717, 1.165) is 24.2 Å². The summed E-state index contributed by atoms with van der Waals surface area (Å²) in [7, 11) is 3.09. The number of hydrogen-bond acceptors (Lipinski definition) is 4. The number of nitrogens with one attached hydrogen (secondary N) is 1. The Balaban J connectivity index is 1.78. The van der Waals surface area contributed by atoms with Crippen molar-refractivity contribution in [3.63, 3.8) is 0 Å². The Bertz CT molecular complexity index is 908. The van der Waals surface area contributed by atoms with Gasteiger partial charge in [-0.15, -0.1) is 0 Å². The van der Waals surface area contributed by atoms with Gasteiger partial charge in [-0.3, -0.25) is 9.59 Å². The number of carbonyl (C=O) groups is 2. The normalized spacial score (nSPS) is 13.3. The van der Waals surface area contributed by atoms with Crippen LogP contribution in [0.25, 0.3) is 0 Å². The molecule has 0 unspecified atom stereocenters. The van der Waals surface area contributed by atoms with Crippen LogP contribution in [-0.4, -0.2) is 32.6 Å². The van der Waals surface area contributed by atoms with E-state index in [1.807, 2.05) is 23.1 Å². The Morgan fingerprint density at radius 3 is 2.52 bits per heavy atom. The van der Waals surface area contributed by atoms with E-state index in [4.69, 9.17) is 9.47 Å². The Kier molecular flexibility index (Phi) is 6.42. The van der Waals surface area contributed by atoms with Crippen LogP contribution in [0.2, 0.25) is 0 Å². The van der Waals surface area contributed by atoms with Crippen molar-refractivity contribution in [2.45, 2.75) is 33.1 Å². The van der Waals surface area contributed by atoms with Crippen LogP contribution in [0.1, 0.15) is 42.6 Å². The zero-order chi connectivity index (χ0) is 21.0. The highest BCUT2D eigenvalue weighted by atomic mass is 16.5. The van der Waals surface area contributed by atoms with Crippen LogP contribution in [0.5, 0.6) is 11.5 Å². The number of aryl methyl sites for hydroxylation is 1. The Morgan fingerprint density at radius 1 is 1.07 bits per heavy atom. The lowest BCUT2D eigenvalue weighted by molar-refractivity contribution is -0.118. The fraction of sp³-hybridized carbons (Fsp3) is 0.391. The van der Waals surface area contributed by atoms with Crippen molar-refractivity contribution in [3.05, 3.63) is 47.5 Å². The summed E-state index contributed by atoms with van der Waals surface area (Å²) in [4.78, 5) is 26.9. The predicted octanol–water partition coefficient (Wildman–Crippen LogP) is 4.28. The fourth-order valence-corrected chi connectivity index (χ4v) is 3.45. The number of rotatable bonds is 7. The van der Waals surface area contributed by atoms with Gasteiger partial charge < -0.3 is 19.7 Å². The van der Waals surface area contributed by atoms with Gasteiger partial charge >= 0.3 is 0 Å². The Labute approximate surface area is 171 Å². The minimum Gasteiger partial charge on any atom is -0.493 e. The third kappa shape index (κ3) is 4.70. The van der Waals surface area contributed by atoms with Crippen molar-refractivity contribution in [3.8, 4) is 11.5 Å². The maximum Gasteiger partial charge on any atom is 0.255 e. The molecule has 154 valence electrons. The van der Waals surface area contributed by atoms with E-state index >= 15 is 0 Å². The van der Waals surface area contributed by atoms with Crippen LogP contribution in [0.15, 0.2) is 36.4 Å². The zero-order valence-corrected chi connectivity index (χ0v) is 17.5. The number of methoxy groups -OCH3 is 2. The highest BCUT2D eigenvalue weighted by molar-refractivity contribution is 6.05. The molecule has 0 atom stereocenters. The molecule has 1 aliphatic heterocycles. The smallest absolute Gasteiger partial charge is 0.255 e. The van der Waals surface area contributed by atoms with E-state index in [0.29, 0.717) is 41.5 Å². The van der Waals surface area contributed by atoms with Crippen LogP contribution in [0.4, 0.5) is 11.4 Å². The molecule has 2 amide bonds. The zero-order valence-electron chi connectivity index (χ0n) is 17.5. The van der Waals surface area contributed by atoms with Crippen LogP contribution in [-0.2, 0) is 11.2 Å². The highest BCUT2D eigenvalue weighted by Crippen LogP contribution is 2.32. The molecular weight excluding hydrogens is 368 g/mol. The van der Waals surface area contributed by atoms with E-state index in [9.17, 15) is 9.59 Å². The summed E-state index contributed by atoms with van der Waals surface area (Å²) in [5.74, 6) is 1.55. The third-order valence-electron chi connectivity index (χ3n) is 5.11. The lowest BCUT2D eigenvalue weighted by Gasteiger charge is -2.30. The van der Waals surface area contributed by atoms with E-state index < -0.39 is 0 Å². The van der Waals surface area contributed by atoms with Gasteiger partial charge in [0.05, 0.1) is 14.2 Å². The van der Waals surface area contributed by atoms with Crippen molar-refractivity contribution in [1.82, 2.24) is 0 Å². The number of ether oxygens (including phenoxy) is 2. The van der Waals surface area contributed by atoms with Gasteiger partial charge in [-0.2, -0.15) is 0 Å². The SMILES string of the molecule is COc1ccc(C(=O)Nc2ccc3c(c2)CCC(=O)N3CCC(C)C)cc1OC. The van der Waals surface area contributed by atoms with Crippen LogP contribution in [0, 0.1) is 5.92 Å². The molecular formula is C23H28N2O4. The van der Waals surface area contributed by atoms with Crippen molar-refractivity contribution >= 4 is 23.2 Å². The molecule has 1 N–H and O–H groups in total. The second-order valence-electron chi connectivity index (χ2n) is 7.60. The molecule has 0 saturated carbocycles. The summed E-state index contributed by atoms with van der Waals surface area (Å²) >= 11 is 0. The number of nitrogens with zero attached hydrogens (tertiary/aromatic N) is 1. The first-order valence-corrected chi connectivity index (χ1v) is 9.89. The van der Waals surface area contributed by atoms with Gasteiger partial charge in [0.1, 0.15) is 0 Å². The lowest BCUT2D eigenvalue weighted by Crippen LogP contribution is -2.36. The molecule has 3 rings (SSSR count). The number of hydrogen-bond donors (Lipinski definition) is 1. The summed E-state index contributed by atoms with van der Waals surface area (Å²) in [6, 6.07) is 10.8. The predicted molar refractivity (Wildman–Crippen MR) is 114 cm³/mol. The van der Waals surface area contributed by atoms with Gasteiger partial charge in [0.25, 0.3) is 5.91 Å². The molecule has 0 bridgehead atoms. The van der Waals surface area contributed by atoms with E-state index in [-0.39, 0.29) is 11.8 Å². The first kappa shape index (κ1) is 20.7. The average molecular weight is 396 g/mol. The number of fused-ring (bicyclic) bond motifs is 1. The van der Waals surface area contributed by atoms with Crippen molar-refractivity contribution < 1.29 is 19.1 Å². The summed E-state index contributed by atoms with van der Waals surface area (Å²) in [5.41, 5.74) is 3.22. The van der Waals surface area contributed by atoms with Gasteiger partial charge in [-0.1, -0.05) is 13.8 Å². The van der Waals surface area contributed by atoms with Crippen LogP contribution >= 0.6 is 0 Å². The lowest BCUT2D eigenvalue weighted by atomic mass is 9.99. The number of carbonyl (C=O) groups excluding carboxylic acids is 2. The van der Waals surface area contributed by atoms with Gasteiger partial charge in [0.2, 0.25) is 5.91 Å². The Morgan fingerprint density at radius 2 is 1.83 bits per heavy atom. The number of benzene rings is 2. The molecule has 0 aliphatic carbocycles. The number of amides is 2. The first-order chi connectivity index (χ1) is 13.9. The van der Waals surface area contributed by atoms with Crippen molar-refractivity contribution in [2.75, 3.05) is 31.0 Å². The van der Waals surface area contributed by atoms with Gasteiger partial charge in [0, 0.05) is 29.9 Å². The molecule has 1 heterocycles. The van der Waals surface area contributed by atoms with Gasteiger partial charge in [-0.25, -0.2) is 0 Å². The van der Waals surface area contributed by atoms with E-state index in [1.54, 1.807) is 25.3 Å². The molecule has 0 aromatic heterocycles. The first-order valence-electron chi connectivity index (χ1n) is 9.89. The molecule has 2 aromatic rings. The molecule has 6 heteroatoms. The second-order valence-corrected chi connectivity index (χ2v) is 7.60. The van der Waals surface area contributed by atoms with E-state index in [1.165, 1.54) is 7.11 Å². The van der Waals surface area contributed by atoms with Crippen LogP contribution in [0.3, 0.4) is 0 Å². The van der Waals surface area contributed by atoms with Crippen LogP contribution < -0.4 is 19.7 Å². The molecule has 0 saturated heterocycles. The van der Waals surface area contributed by atoms with Crippen molar-refractivity contribution in [2.24, 2.45) is 5.92 Å². The average Bonchev–Trinajstić information content (AvgIpc) is 2.72. The number of anilines is 2. The Hall–Kier alpha value is -3.02. The molecule has 1 aliphatic rings. The molecule has 0 fully saturated rings. The third-order valence-corrected chi connectivity index (χ3v) is 5.11. The maximum absolute atomic E-state index is 12.7. The van der Waals surface area contributed by atoms with Gasteiger partial charge in [0.15, 0.2) is 11.5 Å². The molecule has 29 heavy (non-hydrogen) atoms. The molecule has 2 aromatic carbocycles. The van der Waals surface area contributed by atoms with E-state index in [2.05, 4.69) is 19.2 Å². The standard InChI is InChI=1S/C23H28N2O4/c1-15(2)11-12-25-19-8-7-18(13-16(19)6-10-22(25)26)24-23(27)17-5-9-20(28-3)21(14-17)29-4/h5,7-9,13-15H,6,10-12H2,1-4H3,(H,24,27). The molecule has 0 spiro atoms. The summed E-state index contributed by atoms with van der Waals surface area (Å²) in [6.07, 6.45) is 2.15. The summed E-state index contributed by atoms with van der Waals surface area (Å²) < 4.78 is 10.5. The minimum atomic E-state index is -0.227. The summed E-state index contributed by atoms with van der Waals surface area (Å²) in [5, 5.41) is 2.93. The van der Waals surface area contributed by atoms with Gasteiger partial charge in [-0.05, 0) is 60.7 Å². The quantitative estimate of drug-likeness (QED) is 0.758. The maximum atomic E-state index is 12.7. The van der Waals surface area contributed by atoms with Crippen molar-refractivity contribution in [1.29, 1.82) is 0 Å². The summed E-state index contributed by atoms with van der Waals surface area (Å²) in [6.45, 7) is 5.03. The fourth-order valence-electron chi connectivity index (χ4n) is 3.45. The monoisotopic (exact) mass is 396 g/mol. The topological polar surface area (TPSA) is 67.9 Å².